The number of aromatic nitrogens is 1. The Morgan fingerprint density at radius 3 is 3.06 bits per heavy atom. The van der Waals surface area contributed by atoms with Gasteiger partial charge < -0.3 is 5.32 Å². The number of rotatable bonds is 4. The van der Waals surface area contributed by atoms with E-state index in [0.29, 0.717) is 11.9 Å². The number of halogens is 1. The molecule has 6 heteroatoms. The minimum Gasteiger partial charge on any atom is -0.377 e. The van der Waals surface area contributed by atoms with Crippen LogP contribution in [0.25, 0.3) is 10.9 Å². The predicted molar refractivity (Wildman–Crippen MR) is 67.0 cm³/mol. The summed E-state index contributed by atoms with van der Waals surface area (Å²) in [5.74, 6) is -0.699. The van der Waals surface area contributed by atoms with E-state index in [0.717, 1.165) is 6.07 Å². The zero-order valence-corrected chi connectivity index (χ0v) is 9.39. The highest BCUT2D eigenvalue weighted by atomic mass is 19.1. The van der Waals surface area contributed by atoms with Crippen LogP contribution in [0.2, 0.25) is 0 Å². The highest BCUT2D eigenvalue weighted by Gasteiger charge is 2.19. The van der Waals surface area contributed by atoms with E-state index in [4.69, 9.17) is 0 Å². The molecule has 1 aromatic heterocycles. The number of nitrogens with zero attached hydrogens (tertiary/aromatic N) is 2. The number of fused-ring (bicyclic) bond motifs is 1. The van der Waals surface area contributed by atoms with Gasteiger partial charge in [0.1, 0.15) is 5.52 Å². The van der Waals surface area contributed by atoms with Crippen molar-refractivity contribution in [2.45, 2.75) is 0 Å². The first-order valence-electron chi connectivity index (χ1n) is 5.21. The Hall–Kier alpha value is -2.50. The van der Waals surface area contributed by atoms with Crippen molar-refractivity contribution in [3.8, 4) is 0 Å². The Kier molecular flexibility index (Phi) is 3.18. The molecule has 0 aliphatic carbocycles. The smallest absolute Gasteiger partial charge is 0.281 e. The fourth-order valence-electron chi connectivity index (χ4n) is 1.69. The number of hydrogen-bond acceptors (Lipinski definition) is 4. The Labute approximate surface area is 102 Å². The largest absolute Gasteiger partial charge is 0.377 e. The standard InChI is InChI=1S/C12H10FN3O2/c1-2-5-14-12-9(13)7-10(16(17)18)8-4-3-6-15-11(8)12/h2-4,6-7,14H,1,5H2. The van der Waals surface area contributed by atoms with E-state index in [1.165, 1.54) is 6.20 Å². The molecule has 0 spiro atoms. The first-order chi connectivity index (χ1) is 8.65. The first kappa shape index (κ1) is 12.0. The molecule has 0 fully saturated rings. The number of nitro groups is 1. The summed E-state index contributed by atoms with van der Waals surface area (Å²) in [6.07, 6.45) is 3.03. The fourth-order valence-corrected chi connectivity index (χ4v) is 1.69. The molecule has 0 saturated heterocycles. The van der Waals surface area contributed by atoms with Gasteiger partial charge in [-0.25, -0.2) is 4.39 Å². The van der Waals surface area contributed by atoms with Crippen LogP contribution in [0, 0.1) is 15.9 Å². The summed E-state index contributed by atoms with van der Waals surface area (Å²) in [4.78, 5) is 14.2. The van der Waals surface area contributed by atoms with Crippen LogP contribution in [0.1, 0.15) is 0 Å². The second-order valence-electron chi connectivity index (χ2n) is 3.58. The van der Waals surface area contributed by atoms with Gasteiger partial charge >= 0.3 is 0 Å². The monoisotopic (exact) mass is 247 g/mol. The summed E-state index contributed by atoms with van der Waals surface area (Å²) < 4.78 is 13.8. The molecule has 18 heavy (non-hydrogen) atoms. The Balaban J connectivity index is 2.72. The zero-order chi connectivity index (χ0) is 13.1. The molecular formula is C12H10FN3O2. The third kappa shape index (κ3) is 2.00. The van der Waals surface area contributed by atoms with Gasteiger partial charge in [0.2, 0.25) is 0 Å². The lowest BCUT2D eigenvalue weighted by atomic mass is 10.1. The number of anilines is 1. The van der Waals surface area contributed by atoms with Crippen molar-refractivity contribution >= 4 is 22.3 Å². The van der Waals surface area contributed by atoms with Gasteiger partial charge in [-0.1, -0.05) is 6.08 Å². The molecule has 0 atom stereocenters. The summed E-state index contributed by atoms with van der Waals surface area (Å²) in [6.45, 7) is 3.87. The van der Waals surface area contributed by atoms with Crippen LogP contribution in [0.5, 0.6) is 0 Å². The molecule has 2 aromatic rings. The molecule has 2 rings (SSSR count). The van der Waals surface area contributed by atoms with E-state index in [2.05, 4.69) is 16.9 Å². The van der Waals surface area contributed by atoms with Crippen molar-refractivity contribution in [2.24, 2.45) is 0 Å². The molecule has 1 N–H and O–H groups in total. The van der Waals surface area contributed by atoms with Gasteiger partial charge in [-0.2, -0.15) is 0 Å². The molecule has 0 saturated carbocycles. The normalized spacial score (nSPS) is 10.3. The second kappa shape index (κ2) is 4.79. The van der Waals surface area contributed by atoms with E-state index in [1.807, 2.05) is 0 Å². The van der Waals surface area contributed by atoms with Crippen molar-refractivity contribution in [3.05, 3.63) is 53.0 Å². The SMILES string of the molecule is C=CCNc1c(F)cc([N+](=O)[O-])c2cccnc12. The Morgan fingerprint density at radius 2 is 2.39 bits per heavy atom. The van der Waals surface area contributed by atoms with Crippen molar-refractivity contribution in [2.75, 3.05) is 11.9 Å². The highest BCUT2D eigenvalue weighted by molar-refractivity contribution is 5.97. The summed E-state index contributed by atoms with van der Waals surface area (Å²) in [7, 11) is 0. The third-order valence-electron chi connectivity index (χ3n) is 2.44. The summed E-state index contributed by atoms with van der Waals surface area (Å²) in [6, 6.07) is 4.01. The van der Waals surface area contributed by atoms with Crippen molar-refractivity contribution < 1.29 is 9.31 Å². The van der Waals surface area contributed by atoms with Gasteiger partial charge in [-0.05, 0) is 12.1 Å². The quantitative estimate of drug-likeness (QED) is 0.512. The lowest BCUT2D eigenvalue weighted by molar-refractivity contribution is -0.383. The maximum absolute atomic E-state index is 13.8. The topological polar surface area (TPSA) is 68.1 Å². The van der Waals surface area contributed by atoms with E-state index in [9.17, 15) is 14.5 Å². The van der Waals surface area contributed by atoms with Crippen molar-refractivity contribution in [1.29, 1.82) is 0 Å². The van der Waals surface area contributed by atoms with Crippen LogP contribution in [0.3, 0.4) is 0 Å². The summed E-state index contributed by atoms with van der Waals surface area (Å²) in [5, 5.41) is 14.0. The van der Waals surface area contributed by atoms with Crippen molar-refractivity contribution in [1.82, 2.24) is 4.98 Å². The average molecular weight is 247 g/mol. The molecule has 0 bridgehead atoms. The number of pyridine rings is 1. The van der Waals surface area contributed by atoms with Crippen LogP contribution >= 0.6 is 0 Å². The number of hydrogen-bond donors (Lipinski definition) is 1. The van der Waals surface area contributed by atoms with Gasteiger partial charge in [0.25, 0.3) is 5.69 Å². The molecule has 5 nitrogen and oxygen atoms in total. The number of nitrogens with one attached hydrogen (secondary N) is 1. The predicted octanol–water partition coefficient (Wildman–Crippen LogP) is 2.88. The minimum atomic E-state index is -0.699. The van der Waals surface area contributed by atoms with Crippen LogP contribution in [0.4, 0.5) is 15.8 Å². The minimum absolute atomic E-state index is 0.149. The van der Waals surface area contributed by atoms with Gasteiger partial charge in [0, 0.05) is 12.7 Å². The van der Waals surface area contributed by atoms with Gasteiger partial charge in [0.05, 0.1) is 22.1 Å². The molecular weight excluding hydrogens is 237 g/mol. The van der Waals surface area contributed by atoms with Crippen LogP contribution in [-0.2, 0) is 0 Å². The third-order valence-corrected chi connectivity index (χ3v) is 2.44. The Morgan fingerprint density at radius 1 is 1.61 bits per heavy atom. The van der Waals surface area contributed by atoms with Crippen molar-refractivity contribution in [3.63, 3.8) is 0 Å². The maximum atomic E-state index is 13.8. The highest BCUT2D eigenvalue weighted by Crippen LogP contribution is 2.32. The molecule has 0 aliphatic heterocycles. The lowest BCUT2D eigenvalue weighted by Gasteiger charge is -2.08. The zero-order valence-electron chi connectivity index (χ0n) is 9.39. The fraction of sp³-hybridized carbons (Fsp3) is 0.0833. The van der Waals surface area contributed by atoms with E-state index in [1.54, 1.807) is 18.2 Å². The second-order valence-corrected chi connectivity index (χ2v) is 3.58. The molecule has 0 amide bonds. The number of benzene rings is 1. The van der Waals surface area contributed by atoms with Crippen LogP contribution < -0.4 is 5.32 Å². The first-order valence-corrected chi connectivity index (χ1v) is 5.21. The van der Waals surface area contributed by atoms with Gasteiger partial charge in [-0.3, -0.25) is 15.1 Å². The number of non-ortho nitro benzene ring substituents is 1. The molecule has 92 valence electrons. The van der Waals surface area contributed by atoms with Crippen LogP contribution in [0.15, 0.2) is 37.1 Å². The maximum Gasteiger partial charge on any atom is 0.281 e. The van der Waals surface area contributed by atoms with E-state index >= 15 is 0 Å². The molecule has 0 aliphatic rings. The molecule has 0 radical (unpaired) electrons. The van der Waals surface area contributed by atoms with E-state index in [-0.39, 0.29) is 16.9 Å². The molecule has 1 heterocycles. The molecule has 1 aromatic carbocycles. The number of nitro benzene ring substituents is 1. The summed E-state index contributed by atoms with van der Waals surface area (Å²) in [5.41, 5.74) is 0.0990. The lowest BCUT2D eigenvalue weighted by Crippen LogP contribution is -2.03. The van der Waals surface area contributed by atoms with Crippen LogP contribution in [-0.4, -0.2) is 16.5 Å². The van der Waals surface area contributed by atoms with E-state index < -0.39 is 10.7 Å². The molecule has 0 unspecified atom stereocenters. The Bertz CT molecular complexity index is 628. The average Bonchev–Trinajstić information content (AvgIpc) is 2.36. The van der Waals surface area contributed by atoms with Gasteiger partial charge in [0.15, 0.2) is 5.82 Å². The van der Waals surface area contributed by atoms with Gasteiger partial charge in [-0.15, -0.1) is 6.58 Å². The summed E-state index contributed by atoms with van der Waals surface area (Å²) >= 11 is 0.